The molecule has 1 atom stereocenters. The normalized spacial score (nSPS) is 18.9. The number of hydrogen-bond acceptors (Lipinski definition) is 6. The lowest BCUT2D eigenvalue weighted by Gasteiger charge is -2.23. The van der Waals surface area contributed by atoms with E-state index in [4.69, 9.17) is 15.2 Å². The van der Waals surface area contributed by atoms with E-state index in [0.29, 0.717) is 18.1 Å². The van der Waals surface area contributed by atoms with Crippen molar-refractivity contribution < 1.29 is 9.47 Å². The molecule has 106 valence electrons. The van der Waals surface area contributed by atoms with E-state index in [0.717, 1.165) is 30.8 Å². The number of rotatable bonds is 3. The highest BCUT2D eigenvalue weighted by atomic mass is 16.5. The van der Waals surface area contributed by atoms with Gasteiger partial charge in [0, 0.05) is 17.9 Å². The molecule has 1 aromatic heterocycles. The monoisotopic (exact) mass is 275 g/mol. The van der Waals surface area contributed by atoms with Crippen molar-refractivity contribution in [2.24, 2.45) is 0 Å². The van der Waals surface area contributed by atoms with E-state index in [1.807, 2.05) is 12.1 Å². The smallest absolute Gasteiger partial charge is 0.184 e. The molecule has 0 bridgehead atoms. The van der Waals surface area contributed by atoms with Crippen LogP contribution in [-0.2, 0) is 4.74 Å². The lowest BCUT2D eigenvalue weighted by atomic mass is 10.1. The number of ether oxygens (including phenoxy) is 2. The zero-order valence-electron chi connectivity index (χ0n) is 11.3. The molecule has 1 unspecified atom stereocenters. The molecule has 1 aliphatic heterocycles. The van der Waals surface area contributed by atoms with Crippen LogP contribution in [0.2, 0.25) is 0 Å². The zero-order valence-corrected chi connectivity index (χ0v) is 11.3. The van der Waals surface area contributed by atoms with Gasteiger partial charge in [0.2, 0.25) is 0 Å². The second-order valence-corrected chi connectivity index (χ2v) is 4.77. The van der Waals surface area contributed by atoms with Crippen molar-refractivity contribution >= 4 is 5.69 Å². The molecule has 7 nitrogen and oxygen atoms in total. The van der Waals surface area contributed by atoms with Crippen molar-refractivity contribution in [3.05, 3.63) is 18.2 Å². The lowest BCUT2D eigenvalue weighted by molar-refractivity contribution is 0.0548. The molecule has 0 aliphatic carbocycles. The van der Waals surface area contributed by atoms with Gasteiger partial charge >= 0.3 is 0 Å². The Bertz CT molecular complexity index is 592. The van der Waals surface area contributed by atoms with Gasteiger partial charge in [-0.25, -0.2) is 4.68 Å². The molecule has 2 N–H and O–H groups in total. The van der Waals surface area contributed by atoms with Crippen LogP contribution in [0.4, 0.5) is 5.69 Å². The summed E-state index contributed by atoms with van der Waals surface area (Å²) in [5.41, 5.74) is 7.44. The summed E-state index contributed by atoms with van der Waals surface area (Å²) in [4.78, 5) is 0. The van der Waals surface area contributed by atoms with E-state index < -0.39 is 0 Å². The van der Waals surface area contributed by atoms with E-state index in [-0.39, 0.29) is 6.04 Å². The Morgan fingerprint density at radius 2 is 2.35 bits per heavy atom. The van der Waals surface area contributed by atoms with Gasteiger partial charge in [0.15, 0.2) is 5.82 Å². The van der Waals surface area contributed by atoms with Crippen LogP contribution >= 0.6 is 0 Å². The van der Waals surface area contributed by atoms with Crippen molar-refractivity contribution in [3.8, 4) is 17.1 Å². The Morgan fingerprint density at radius 1 is 1.45 bits per heavy atom. The van der Waals surface area contributed by atoms with Crippen molar-refractivity contribution in [1.82, 2.24) is 20.2 Å². The van der Waals surface area contributed by atoms with Gasteiger partial charge in [0.25, 0.3) is 0 Å². The van der Waals surface area contributed by atoms with Gasteiger partial charge in [-0.2, -0.15) is 0 Å². The van der Waals surface area contributed by atoms with Crippen LogP contribution in [0.25, 0.3) is 11.4 Å². The molecule has 2 aromatic rings. The minimum Gasteiger partial charge on any atom is -0.497 e. The molecule has 0 radical (unpaired) electrons. The third-order valence-corrected chi connectivity index (χ3v) is 3.48. The Kier molecular flexibility index (Phi) is 3.51. The molecular formula is C13H17N5O2. The Morgan fingerprint density at radius 3 is 3.10 bits per heavy atom. The first-order valence-electron chi connectivity index (χ1n) is 6.59. The van der Waals surface area contributed by atoms with E-state index in [1.165, 1.54) is 0 Å². The van der Waals surface area contributed by atoms with Gasteiger partial charge in [-0.3, -0.25) is 0 Å². The maximum absolute atomic E-state index is 6.04. The topological polar surface area (TPSA) is 88.1 Å². The van der Waals surface area contributed by atoms with E-state index in [9.17, 15) is 0 Å². The number of benzene rings is 1. The second-order valence-electron chi connectivity index (χ2n) is 4.77. The van der Waals surface area contributed by atoms with Crippen molar-refractivity contribution in [2.75, 3.05) is 26.1 Å². The molecule has 1 fully saturated rings. The third kappa shape index (κ3) is 2.32. The number of tetrazole rings is 1. The molecule has 0 spiro atoms. The molecular weight excluding hydrogens is 258 g/mol. The van der Waals surface area contributed by atoms with Gasteiger partial charge < -0.3 is 15.2 Å². The molecule has 1 saturated heterocycles. The molecule has 2 heterocycles. The van der Waals surface area contributed by atoms with E-state index in [2.05, 4.69) is 15.5 Å². The predicted molar refractivity (Wildman–Crippen MR) is 73.3 cm³/mol. The maximum atomic E-state index is 6.04. The predicted octanol–water partition coefficient (Wildman–Crippen LogP) is 1.28. The van der Waals surface area contributed by atoms with Gasteiger partial charge in [0.05, 0.1) is 19.8 Å². The highest BCUT2D eigenvalue weighted by molar-refractivity contribution is 5.73. The number of nitrogens with zero attached hydrogens (tertiary/aromatic N) is 4. The standard InChI is InChI=1S/C13H17N5O2/c1-19-10-4-5-12(14)11(7-10)13-15-16-17-18(13)9-3-2-6-20-8-9/h4-5,7,9H,2-3,6,8,14H2,1H3. The van der Waals surface area contributed by atoms with Crippen LogP contribution in [0.5, 0.6) is 5.75 Å². The first-order chi connectivity index (χ1) is 9.79. The quantitative estimate of drug-likeness (QED) is 0.849. The number of aromatic nitrogens is 4. The second kappa shape index (κ2) is 5.46. The summed E-state index contributed by atoms with van der Waals surface area (Å²) in [6.07, 6.45) is 2.01. The molecule has 1 aromatic carbocycles. The van der Waals surface area contributed by atoms with Gasteiger partial charge in [0.1, 0.15) is 5.75 Å². The summed E-state index contributed by atoms with van der Waals surface area (Å²) in [5.74, 6) is 1.38. The van der Waals surface area contributed by atoms with Gasteiger partial charge in [-0.05, 0) is 41.5 Å². The fraction of sp³-hybridized carbons (Fsp3) is 0.462. The molecule has 20 heavy (non-hydrogen) atoms. The molecule has 3 rings (SSSR count). The Balaban J connectivity index is 2.00. The van der Waals surface area contributed by atoms with Crippen molar-refractivity contribution in [2.45, 2.75) is 18.9 Å². The first-order valence-corrected chi connectivity index (χ1v) is 6.59. The maximum Gasteiger partial charge on any atom is 0.184 e. The number of methoxy groups -OCH3 is 1. The highest BCUT2D eigenvalue weighted by Gasteiger charge is 2.22. The molecule has 0 amide bonds. The van der Waals surface area contributed by atoms with Gasteiger partial charge in [-0.1, -0.05) is 0 Å². The van der Waals surface area contributed by atoms with Crippen molar-refractivity contribution in [3.63, 3.8) is 0 Å². The minimum absolute atomic E-state index is 0.152. The minimum atomic E-state index is 0.152. The average molecular weight is 275 g/mol. The van der Waals surface area contributed by atoms with Crippen LogP contribution in [0.15, 0.2) is 18.2 Å². The van der Waals surface area contributed by atoms with Gasteiger partial charge in [-0.15, -0.1) is 5.10 Å². The van der Waals surface area contributed by atoms with Crippen LogP contribution in [0.1, 0.15) is 18.9 Å². The van der Waals surface area contributed by atoms with Crippen LogP contribution in [0.3, 0.4) is 0 Å². The fourth-order valence-corrected chi connectivity index (χ4v) is 2.39. The largest absolute Gasteiger partial charge is 0.497 e. The number of nitrogens with two attached hydrogens (primary N) is 1. The van der Waals surface area contributed by atoms with Crippen LogP contribution in [0, 0.1) is 0 Å². The number of nitrogen functional groups attached to an aromatic ring is 1. The Labute approximate surface area is 116 Å². The summed E-state index contributed by atoms with van der Waals surface area (Å²) in [6, 6.07) is 5.61. The van der Waals surface area contributed by atoms with E-state index >= 15 is 0 Å². The van der Waals surface area contributed by atoms with Crippen LogP contribution in [-0.4, -0.2) is 40.5 Å². The summed E-state index contributed by atoms with van der Waals surface area (Å²) in [6.45, 7) is 1.43. The Hall–Kier alpha value is -2.15. The van der Waals surface area contributed by atoms with Crippen LogP contribution < -0.4 is 10.5 Å². The summed E-state index contributed by atoms with van der Waals surface area (Å²) in [7, 11) is 1.62. The van der Waals surface area contributed by atoms with E-state index in [1.54, 1.807) is 17.9 Å². The fourth-order valence-electron chi connectivity index (χ4n) is 2.39. The molecule has 0 saturated carbocycles. The number of hydrogen-bond donors (Lipinski definition) is 1. The first kappa shape index (κ1) is 12.9. The molecule has 1 aliphatic rings. The lowest BCUT2D eigenvalue weighted by Crippen LogP contribution is -2.23. The third-order valence-electron chi connectivity index (χ3n) is 3.48. The zero-order chi connectivity index (χ0) is 13.9. The summed E-state index contributed by atoms with van der Waals surface area (Å²) in [5, 5.41) is 12.0. The molecule has 7 heteroatoms. The highest BCUT2D eigenvalue weighted by Crippen LogP contribution is 2.30. The summed E-state index contributed by atoms with van der Waals surface area (Å²) >= 11 is 0. The van der Waals surface area contributed by atoms with Crippen molar-refractivity contribution in [1.29, 1.82) is 0 Å². The number of anilines is 1. The SMILES string of the molecule is COc1ccc(N)c(-c2nnnn2C2CCCOC2)c1. The summed E-state index contributed by atoms with van der Waals surface area (Å²) < 4.78 is 12.5. The average Bonchev–Trinajstić information content (AvgIpc) is 2.98.